The number of nitrogens with one attached hydrogen (secondary N) is 4. The molecule has 7 unspecified atom stereocenters. The average Bonchev–Trinajstić information content (AvgIpc) is 4.02. The zero-order valence-corrected chi connectivity index (χ0v) is 39.6. The second-order valence-corrected chi connectivity index (χ2v) is 22.8. The molecule has 1 spiro atoms. The lowest BCUT2D eigenvalue weighted by Crippen LogP contribution is -2.64. The van der Waals surface area contributed by atoms with Crippen LogP contribution < -0.4 is 20.7 Å². The molecule has 7 atom stereocenters. The van der Waals surface area contributed by atoms with Gasteiger partial charge in [0.1, 0.15) is 23.7 Å². The van der Waals surface area contributed by atoms with Crippen LogP contribution in [-0.2, 0) is 34.2 Å². The molecule has 4 N–H and O–H groups in total. The van der Waals surface area contributed by atoms with Crippen LogP contribution in [0.5, 0.6) is 0 Å². The van der Waals surface area contributed by atoms with Gasteiger partial charge in [-0.15, -0.1) is 0 Å². The van der Waals surface area contributed by atoms with Gasteiger partial charge >= 0.3 is 10.2 Å². The molecule has 5 aliphatic rings. The molecule has 1 saturated heterocycles. The Morgan fingerprint density at radius 3 is 2.02 bits per heavy atom. The number of rotatable bonds is 18. The lowest BCUT2D eigenvalue weighted by molar-refractivity contribution is -0.147. The molecular formula is C45H79N7O7S. The van der Waals surface area contributed by atoms with Gasteiger partial charge in [-0.2, -0.15) is 12.7 Å². The number of amides is 5. The highest BCUT2D eigenvalue weighted by Crippen LogP contribution is 2.78. The average molecular weight is 862 g/mol. The third-order valence-electron chi connectivity index (χ3n) is 15.6. The maximum Gasteiger partial charge on any atom is 0.303 e. The Kier molecular flexibility index (Phi) is 14.9. The van der Waals surface area contributed by atoms with E-state index in [4.69, 9.17) is 0 Å². The minimum Gasteiger partial charge on any atom is -0.343 e. The molecule has 5 rings (SSSR count). The van der Waals surface area contributed by atoms with Crippen molar-refractivity contribution < 1.29 is 32.4 Å². The SMILES string of the molecule is CCCN(C)S(=O)(=O)NC(=O)C1(NC(=O)C(C)N(CC2C(C)(C)C23CCC3)C(=O)C(NC(=O)C(NC(=O)C2CCCCN2C(C)C)C2CCCCC2)C(C)(C)C)CC1CC. The Hall–Kier alpha value is -2.78. The van der Waals surface area contributed by atoms with Gasteiger partial charge in [-0.3, -0.25) is 28.9 Å². The molecule has 60 heavy (non-hydrogen) atoms. The van der Waals surface area contributed by atoms with Crippen LogP contribution in [0, 0.1) is 34.0 Å². The fourth-order valence-electron chi connectivity index (χ4n) is 11.2. The second kappa shape index (κ2) is 18.5. The molecule has 0 aromatic heterocycles. The van der Waals surface area contributed by atoms with E-state index < -0.39 is 57.0 Å². The third-order valence-corrected chi connectivity index (χ3v) is 17.1. The predicted molar refractivity (Wildman–Crippen MR) is 233 cm³/mol. The van der Waals surface area contributed by atoms with Crippen molar-refractivity contribution in [1.29, 1.82) is 0 Å². The van der Waals surface area contributed by atoms with Gasteiger partial charge in [-0.1, -0.05) is 87.0 Å². The van der Waals surface area contributed by atoms with Crippen molar-refractivity contribution in [3.8, 4) is 0 Å². The Labute approximate surface area is 361 Å². The molecule has 342 valence electrons. The summed E-state index contributed by atoms with van der Waals surface area (Å²) >= 11 is 0. The molecule has 1 aliphatic heterocycles. The van der Waals surface area contributed by atoms with Gasteiger partial charge < -0.3 is 20.9 Å². The van der Waals surface area contributed by atoms with Crippen LogP contribution in [0.15, 0.2) is 0 Å². The summed E-state index contributed by atoms with van der Waals surface area (Å²) in [4.78, 5) is 76.2. The number of likely N-dealkylation sites (tertiary alicyclic amines) is 1. The molecule has 4 aliphatic carbocycles. The van der Waals surface area contributed by atoms with Crippen LogP contribution in [0.25, 0.3) is 0 Å². The molecule has 15 heteroatoms. The van der Waals surface area contributed by atoms with Crippen LogP contribution >= 0.6 is 0 Å². The standard InChI is InChI=1S/C45H79N7O7S/c1-12-25-50(11)60(58,59)49-41(57)45(27-32(45)13-2)48-37(53)30(5)52(28-34-43(9,10)44(34)23-19-24-44)40(56)36(42(6,7)8)47-39(55)35(31-20-15-14-16-21-31)46-38(54)33-22-17-18-26-51(33)29(3)4/h29-36H,12-28H2,1-11H3,(H,46,54)(H,47,55)(H,48,53)(H,49,57). The Bertz CT molecular complexity index is 1700. The van der Waals surface area contributed by atoms with Crippen molar-refractivity contribution in [3.05, 3.63) is 0 Å². The number of hydrogen-bond acceptors (Lipinski definition) is 8. The van der Waals surface area contributed by atoms with Gasteiger partial charge in [0, 0.05) is 26.2 Å². The predicted octanol–water partition coefficient (Wildman–Crippen LogP) is 4.88. The first-order valence-corrected chi connectivity index (χ1v) is 24.7. The molecule has 5 fully saturated rings. The quantitative estimate of drug-likeness (QED) is 0.151. The van der Waals surface area contributed by atoms with Crippen LogP contribution in [0.1, 0.15) is 159 Å². The fourth-order valence-corrected chi connectivity index (χ4v) is 12.2. The first kappa shape index (κ1) is 48.3. The summed E-state index contributed by atoms with van der Waals surface area (Å²) in [5.41, 5.74) is -2.19. The maximum atomic E-state index is 15.3. The van der Waals surface area contributed by atoms with E-state index in [1.807, 2.05) is 34.6 Å². The summed E-state index contributed by atoms with van der Waals surface area (Å²) in [6, 6.07) is -3.03. The number of nitrogens with zero attached hydrogens (tertiary/aromatic N) is 3. The summed E-state index contributed by atoms with van der Waals surface area (Å²) in [5, 5.41) is 9.29. The highest BCUT2D eigenvalue weighted by Gasteiger charge is 2.73. The molecule has 0 aromatic rings. The topological polar surface area (TPSA) is 177 Å². The smallest absolute Gasteiger partial charge is 0.303 e. The number of piperidine rings is 1. The number of carbonyl (C=O) groups is 5. The van der Waals surface area contributed by atoms with Gasteiger partial charge in [-0.25, -0.2) is 4.72 Å². The fraction of sp³-hybridized carbons (Fsp3) is 0.889. The van der Waals surface area contributed by atoms with Crippen molar-refractivity contribution >= 4 is 39.7 Å². The van der Waals surface area contributed by atoms with E-state index in [1.54, 1.807) is 11.8 Å². The minimum atomic E-state index is -4.14. The van der Waals surface area contributed by atoms with Crippen molar-refractivity contribution in [2.75, 3.05) is 26.7 Å². The van der Waals surface area contributed by atoms with E-state index in [0.29, 0.717) is 19.4 Å². The Balaban J connectivity index is 1.42. The van der Waals surface area contributed by atoms with E-state index >= 15 is 4.79 Å². The van der Waals surface area contributed by atoms with Crippen molar-refractivity contribution in [2.45, 2.75) is 195 Å². The van der Waals surface area contributed by atoms with Crippen LogP contribution in [0.2, 0.25) is 0 Å². The second-order valence-electron chi connectivity index (χ2n) is 21.0. The normalized spacial score (nSPS) is 27.9. The lowest BCUT2D eigenvalue weighted by atomic mass is 9.75. The largest absolute Gasteiger partial charge is 0.343 e. The van der Waals surface area contributed by atoms with Crippen molar-refractivity contribution in [2.24, 2.45) is 34.0 Å². The van der Waals surface area contributed by atoms with Gasteiger partial charge in [0.15, 0.2) is 0 Å². The maximum absolute atomic E-state index is 15.3. The van der Waals surface area contributed by atoms with Crippen LogP contribution in [0.4, 0.5) is 0 Å². The molecule has 0 aromatic carbocycles. The summed E-state index contributed by atoms with van der Waals surface area (Å²) in [5.74, 6) is -2.48. The molecule has 4 saturated carbocycles. The molecule has 1 heterocycles. The highest BCUT2D eigenvalue weighted by molar-refractivity contribution is 7.87. The Morgan fingerprint density at radius 1 is 0.867 bits per heavy atom. The van der Waals surface area contributed by atoms with Gasteiger partial charge in [0.2, 0.25) is 23.6 Å². The van der Waals surface area contributed by atoms with Gasteiger partial charge in [0.25, 0.3) is 5.91 Å². The summed E-state index contributed by atoms with van der Waals surface area (Å²) in [6.45, 7) is 21.1. The molecule has 14 nitrogen and oxygen atoms in total. The zero-order chi connectivity index (χ0) is 44.6. The first-order chi connectivity index (χ1) is 28.0. The van der Waals surface area contributed by atoms with Gasteiger partial charge in [-0.05, 0) is 113 Å². The molecule has 5 amide bonds. The summed E-state index contributed by atoms with van der Waals surface area (Å²) in [6.07, 6.45) is 11.9. The van der Waals surface area contributed by atoms with Crippen molar-refractivity contribution in [3.63, 3.8) is 0 Å². The first-order valence-electron chi connectivity index (χ1n) is 23.3. The van der Waals surface area contributed by atoms with Gasteiger partial charge in [0.05, 0.1) is 6.04 Å². The monoisotopic (exact) mass is 862 g/mol. The Morgan fingerprint density at radius 2 is 1.50 bits per heavy atom. The molecule has 0 bridgehead atoms. The van der Waals surface area contributed by atoms with E-state index in [9.17, 15) is 27.6 Å². The van der Waals surface area contributed by atoms with E-state index in [0.717, 1.165) is 81.5 Å². The number of hydrogen-bond donors (Lipinski definition) is 4. The minimum absolute atomic E-state index is 0.0520. The number of carbonyl (C=O) groups excluding carboxylic acids is 5. The molecular weight excluding hydrogens is 783 g/mol. The summed E-state index contributed by atoms with van der Waals surface area (Å²) < 4.78 is 29.4. The highest BCUT2D eigenvalue weighted by atomic mass is 32.2. The molecule has 0 radical (unpaired) electrons. The van der Waals surface area contributed by atoms with E-state index in [-0.39, 0.29) is 65.4 Å². The lowest BCUT2D eigenvalue weighted by Gasteiger charge is -2.41. The van der Waals surface area contributed by atoms with Crippen molar-refractivity contribution in [1.82, 2.24) is 34.8 Å². The summed E-state index contributed by atoms with van der Waals surface area (Å²) in [7, 11) is -2.73. The van der Waals surface area contributed by atoms with E-state index in [1.165, 1.54) is 7.05 Å². The van der Waals surface area contributed by atoms with Crippen LogP contribution in [0.3, 0.4) is 0 Å². The van der Waals surface area contributed by atoms with Crippen LogP contribution in [-0.4, -0.2) is 114 Å². The van der Waals surface area contributed by atoms with E-state index in [2.05, 4.69) is 53.3 Å². The zero-order valence-electron chi connectivity index (χ0n) is 38.7. The third kappa shape index (κ3) is 9.72.